The Hall–Kier alpha value is -3.39. The molecule has 0 saturated carbocycles. The van der Waals surface area contributed by atoms with Gasteiger partial charge in [-0.3, -0.25) is 14.4 Å². The minimum Gasteiger partial charge on any atom is -0.507 e. The minimum absolute atomic E-state index is 0.0237. The summed E-state index contributed by atoms with van der Waals surface area (Å²) in [6.07, 6.45) is 0. The van der Waals surface area contributed by atoms with Crippen LogP contribution < -0.4 is 16.4 Å². The molecule has 8 heteroatoms. The van der Waals surface area contributed by atoms with Gasteiger partial charge in [0.25, 0.3) is 0 Å². The number of aromatic hydroxyl groups is 2. The van der Waals surface area contributed by atoms with Crippen LogP contribution in [0.2, 0.25) is 0 Å². The average molecular weight is 355 g/mol. The molecule has 0 radical (unpaired) electrons. The maximum Gasteiger partial charge on any atom is 0.239 e. The van der Waals surface area contributed by atoms with Crippen LogP contribution in [0.1, 0.15) is 31.8 Å². The molecular formula is C18H17N3O5. The van der Waals surface area contributed by atoms with Crippen molar-refractivity contribution >= 4 is 23.2 Å². The standard InChI is InChI=1S/C18H17N3O5/c19-6-7-20-13(24)8-21-10-4-5-12(23)16-15(10)18(26)14-9(17(16)25)2-1-3-11(14)22/h1-5,21-23H,6-8,19H2,(H,20,24). The topological polar surface area (TPSA) is 142 Å². The van der Waals surface area contributed by atoms with Crippen LogP contribution in [0.4, 0.5) is 5.69 Å². The second-order valence-electron chi connectivity index (χ2n) is 5.73. The number of nitrogens with two attached hydrogens (primary N) is 1. The maximum atomic E-state index is 12.9. The zero-order valence-electron chi connectivity index (χ0n) is 13.7. The lowest BCUT2D eigenvalue weighted by molar-refractivity contribution is -0.119. The first kappa shape index (κ1) is 17.4. The van der Waals surface area contributed by atoms with Gasteiger partial charge < -0.3 is 26.6 Å². The molecule has 0 aliphatic heterocycles. The van der Waals surface area contributed by atoms with Gasteiger partial charge in [-0.2, -0.15) is 0 Å². The number of fused-ring (bicyclic) bond motifs is 2. The average Bonchev–Trinajstić information content (AvgIpc) is 2.63. The number of phenolic OH excluding ortho intramolecular Hbond substituents is 2. The number of rotatable bonds is 5. The van der Waals surface area contributed by atoms with Gasteiger partial charge in [-0.15, -0.1) is 0 Å². The van der Waals surface area contributed by atoms with Gasteiger partial charge in [0.05, 0.1) is 23.2 Å². The van der Waals surface area contributed by atoms with Crippen molar-refractivity contribution < 1.29 is 24.6 Å². The first-order valence-electron chi connectivity index (χ1n) is 7.93. The molecule has 0 aromatic heterocycles. The third-order valence-electron chi connectivity index (χ3n) is 4.06. The maximum absolute atomic E-state index is 12.9. The van der Waals surface area contributed by atoms with Crippen LogP contribution >= 0.6 is 0 Å². The predicted molar refractivity (Wildman–Crippen MR) is 93.6 cm³/mol. The van der Waals surface area contributed by atoms with Gasteiger partial charge in [0.15, 0.2) is 11.6 Å². The predicted octanol–water partition coefficient (Wildman–Crippen LogP) is 0.360. The molecular weight excluding hydrogens is 338 g/mol. The van der Waals surface area contributed by atoms with Crippen LogP contribution in [0.3, 0.4) is 0 Å². The smallest absolute Gasteiger partial charge is 0.239 e. The van der Waals surface area contributed by atoms with E-state index in [0.717, 1.165) is 0 Å². The van der Waals surface area contributed by atoms with Crippen molar-refractivity contribution in [2.75, 3.05) is 25.0 Å². The zero-order chi connectivity index (χ0) is 18.8. The first-order chi connectivity index (χ1) is 12.5. The van der Waals surface area contributed by atoms with Crippen molar-refractivity contribution in [3.8, 4) is 11.5 Å². The highest BCUT2D eigenvalue weighted by atomic mass is 16.3. The summed E-state index contributed by atoms with van der Waals surface area (Å²) < 4.78 is 0. The highest BCUT2D eigenvalue weighted by Crippen LogP contribution is 2.39. The molecule has 2 aromatic carbocycles. The highest BCUT2D eigenvalue weighted by molar-refractivity contribution is 6.31. The molecule has 1 amide bonds. The molecule has 0 spiro atoms. The molecule has 2 aromatic rings. The molecule has 0 atom stereocenters. The van der Waals surface area contributed by atoms with Crippen molar-refractivity contribution in [2.24, 2.45) is 5.73 Å². The SMILES string of the molecule is NCCNC(=O)CNc1ccc(O)c2c1C(=O)c1c(O)cccc1C2=O. The normalized spacial score (nSPS) is 12.3. The number of nitrogens with one attached hydrogen (secondary N) is 2. The molecule has 0 saturated heterocycles. The Morgan fingerprint density at radius 1 is 0.962 bits per heavy atom. The van der Waals surface area contributed by atoms with Crippen LogP contribution in [0, 0.1) is 0 Å². The van der Waals surface area contributed by atoms with E-state index < -0.39 is 11.6 Å². The lowest BCUT2D eigenvalue weighted by Crippen LogP contribution is -2.34. The Labute approximate surface area is 148 Å². The molecule has 0 heterocycles. The summed E-state index contributed by atoms with van der Waals surface area (Å²) >= 11 is 0. The molecule has 6 N–H and O–H groups in total. The molecule has 8 nitrogen and oxygen atoms in total. The Bertz CT molecular complexity index is 923. The van der Waals surface area contributed by atoms with Crippen molar-refractivity contribution in [3.63, 3.8) is 0 Å². The van der Waals surface area contributed by atoms with Gasteiger partial charge in [-0.1, -0.05) is 12.1 Å². The Morgan fingerprint density at radius 3 is 2.42 bits per heavy atom. The Morgan fingerprint density at radius 2 is 1.69 bits per heavy atom. The van der Waals surface area contributed by atoms with Crippen molar-refractivity contribution in [2.45, 2.75) is 0 Å². The number of carbonyl (C=O) groups is 3. The van der Waals surface area contributed by atoms with Crippen LogP contribution in [0.25, 0.3) is 0 Å². The fourth-order valence-electron chi connectivity index (χ4n) is 2.88. The van der Waals surface area contributed by atoms with E-state index >= 15 is 0 Å². The quantitative estimate of drug-likeness (QED) is 0.416. The summed E-state index contributed by atoms with van der Waals surface area (Å²) in [7, 11) is 0. The van der Waals surface area contributed by atoms with Crippen LogP contribution in [0.5, 0.6) is 11.5 Å². The molecule has 0 fully saturated rings. The third-order valence-corrected chi connectivity index (χ3v) is 4.06. The van der Waals surface area contributed by atoms with Crippen LogP contribution in [-0.4, -0.2) is 47.3 Å². The molecule has 0 bridgehead atoms. The molecule has 134 valence electrons. The summed E-state index contributed by atoms with van der Waals surface area (Å²) in [6, 6.07) is 6.85. The van der Waals surface area contributed by atoms with Gasteiger partial charge in [-0.05, 0) is 18.2 Å². The Kier molecular flexibility index (Phi) is 4.59. The second kappa shape index (κ2) is 6.85. The second-order valence-corrected chi connectivity index (χ2v) is 5.73. The summed E-state index contributed by atoms with van der Waals surface area (Å²) in [5, 5.41) is 25.5. The number of hydrogen-bond donors (Lipinski definition) is 5. The highest BCUT2D eigenvalue weighted by Gasteiger charge is 2.35. The van der Waals surface area contributed by atoms with E-state index in [0.29, 0.717) is 13.1 Å². The van der Waals surface area contributed by atoms with Crippen LogP contribution in [0.15, 0.2) is 30.3 Å². The number of phenols is 2. The molecule has 1 aliphatic rings. The van der Waals surface area contributed by atoms with Gasteiger partial charge in [-0.25, -0.2) is 0 Å². The van der Waals surface area contributed by atoms with Crippen LogP contribution in [-0.2, 0) is 4.79 Å². The van der Waals surface area contributed by atoms with E-state index in [2.05, 4.69) is 10.6 Å². The molecule has 0 unspecified atom stereocenters. The van der Waals surface area contributed by atoms with Crippen molar-refractivity contribution in [3.05, 3.63) is 52.6 Å². The number of hydrogen-bond acceptors (Lipinski definition) is 7. The fraction of sp³-hybridized carbons (Fsp3) is 0.167. The summed E-state index contributed by atoms with van der Waals surface area (Å²) in [5.74, 6) is -2.17. The van der Waals surface area contributed by atoms with E-state index in [-0.39, 0.29) is 51.9 Å². The fourth-order valence-corrected chi connectivity index (χ4v) is 2.88. The number of carbonyl (C=O) groups excluding carboxylic acids is 3. The minimum atomic E-state index is -0.603. The monoisotopic (exact) mass is 355 g/mol. The zero-order valence-corrected chi connectivity index (χ0v) is 13.7. The number of ketones is 2. The summed E-state index contributed by atoms with van der Waals surface area (Å²) in [6.45, 7) is 0.461. The van der Waals surface area contributed by atoms with Crippen molar-refractivity contribution in [1.29, 1.82) is 0 Å². The number of anilines is 1. The van der Waals surface area contributed by atoms with E-state index in [1.165, 1.54) is 30.3 Å². The largest absolute Gasteiger partial charge is 0.507 e. The third kappa shape index (κ3) is 2.86. The van der Waals surface area contributed by atoms with E-state index in [1.807, 2.05) is 0 Å². The van der Waals surface area contributed by atoms with E-state index in [4.69, 9.17) is 5.73 Å². The van der Waals surface area contributed by atoms with Gasteiger partial charge in [0, 0.05) is 24.3 Å². The van der Waals surface area contributed by atoms with Crippen molar-refractivity contribution in [1.82, 2.24) is 5.32 Å². The molecule has 1 aliphatic carbocycles. The summed E-state index contributed by atoms with van der Waals surface area (Å²) in [4.78, 5) is 37.3. The lowest BCUT2D eigenvalue weighted by atomic mass is 9.82. The molecule has 26 heavy (non-hydrogen) atoms. The number of benzene rings is 2. The van der Waals surface area contributed by atoms with E-state index in [9.17, 15) is 24.6 Å². The van der Waals surface area contributed by atoms with Gasteiger partial charge in [0.1, 0.15) is 11.5 Å². The summed E-state index contributed by atoms with van der Waals surface area (Å²) in [5.41, 5.74) is 5.21. The first-order valence-corrected chi connectivity index (χ1v) is 7.93. The Balaban J connectivity index is 2.02. The van der Waals surface area contributed by atoms with Gasteiger partial charge in [0.2, 0.25) is 5.91 Å². The molecule has 3 rings (SSSR count). The van der Waals surface area contributed by atoms with Gasteiger partial charge >= 0.3 is 0 Å². The van der Waals surface area contributed by atoms with E-state index in [1.54, 1.807) is 0 Å². The lowest BCUT2D eigenvalue weighted by Gasteiger charge is -2.22. The number of amides is 1.